The number of nitrogens with one attached hydrogen (secondary N) is 1. The maximum absolute atomic E-state index is 6.07. The van der Waals surface area contributed by atoms with Crippen molar-refractivity contribution in [2.45, 2.75) is 31.2 Å². The van der Waals surface area contributed by atoms with E-state index in [-0.39, 0.29) is 0 Å². The van der Waals surface area contributed by atoms with E-state index in [1.807, 2.05) is 12.1 Å². The van der Waals surface area contributed by atoms with Crippen molar-refractivity contribution in [1.82, 2.24) is 5.32 Å². The lowest BCUT2D eigenvalue weighted by atomic mass is 9.86. The van der Waals surface area contributed by atoms with Crippen molar-refractivity contribution in [1.29, 1.82) is 0 Å². The van der Waals surface area contributed by atoms with Gasteiger partial charge in [0.1, 0.15) is 5.75 Å². The summed E-state index contributed by atoms with van der Waals surface area (Å²) >= 11 is 6.07. The third-order valence-corrected chi connectivity index (χ3v) is 3.88. The molecule has 2 aliphatic rings. The molecule has 3 rings (SSSR count). The van der Waals surface area contributed by atoms with Gasteiger partial charge in [-0.25, -0.2) is 0 Å². The second kappa shape index (κ2) is 4.27. The Morgan fingerprint density at radius 2 is 2.25 bits per heavy atom. The van der Waals surface area contributed by atoms with E-state index < -0.39 is 0 Å². The summed E-state index contributed by atoms with van der Waals surface area (Å²) in [6.45, 7) is 1.98. The van der Waals surface area contributed by atoms with Crippen molar-refractivity contribution in [2.75, 3.05) is 13.2 Å². The lowest BCUT2D eigenvalue weighted by Gasteiger charge is -2.30. The third kappa shape index (κ3) is 1.80. The molecule has 1 saturated heterocycles. The van der Waals surface area contributed by atoms with E-state index in [2.05, 4.69) is 11.4 Å². The zero-order valence-electron chi connectivity index (χ0n) is 9.21. The van der Waals surface area contributed by atoms with E-state index in [9.17, 15) is 0 Å². The van der Waals surface area contributed by atoms with Crippen LogP contribution in [0.25, 0.3) is 0 Å². The van der Waals surface area contributed by atoms with Crippen molar-refractivity contribution >= 4 is 11.6 Å². The maximum Gasteiger partial charge on any atom is 0.122 e. The highest BCUT2D eigenvalue weighted by atomic mass is 35.5. The summed E-state index contributed by atoms with van der Waals surface area (Å²) in [5, 5.41) is 4.40. The quantitative estimate of drug-likeness (QED) is 0.811. The number of rotatable bonds is 1. The molecule has 1 aromatic carbocycles. The van der Waals surface area contributed by atoms with Gasteiger partial charge in [0.15, 0.2) is 0 Å². The first kappa shape index (κ1) is 10.4. The van der Waals surface area contributed by atoms with E-state index in [4.69, 9.17) is 16.3 Å². The summed E-state index contributed by atoms with van der Waals surface area (Å²) in [7, 11) is 0. The van der Waals surface area contributed by atoms with Crippen LogP contribution in [0.2, 0.25) is 5.02 Å². The molecule has 0 bridgehead atoms. The molecule has 3 heteroatoms. The fourth-order valence-corrected chi connectivity index (χ4v) is 3.05. The molecular weight excluding hydrogens is 222 g/mol. The molecule has 0 amide bonds. The molecule has 0 aliphatic carbocycles. The smallest absolute Gasteiger partial charge is 0.122 e. The summed E-state index contributed by atoms with van der Waals surface area (Å²) in [4.78, 5) is 0. The van der Waals surface area contributed by atoms with Crippen molar-refractivity contribution in [3.8, 4) is 5.75 Å². The van der Waals surface area contributed by atoms with E-state index in [0.717, 1.165) is 30.3 Å². The van der Waals surface area contributed by atoms with Crippen LogP contribution in [0.3, 0.4) is 0 Å². The molecule has 0 radical (unpaired) electrons. The van der Waals surface area contributed by atoms with Gasteiger partial charge >= 0.3 is 0 Å². The van der Waals surface area contributed by atoms with Crippen LogP contribution >= 0.6 is 11.6 Å². The van der Waals surface area contributed by atoms with Crippen molar-refractivity contribution in [3.05, 3.63) is 28.8 Å². The van der Waals surface area contributed by atoms with Crippen LogP contribution in [0.15, 0.2) is 18.2 Å². The Balaban J connectivity index is 1.94. The molecule has 0 spiro atoms. The first-order valence-corrected chi connectivity index (χ1v) is 6.38. The summed E-state index contributed by atoms with van der Waals surface area (Å²) in [5.41, 5.74) is 1.29. The molecule has 2 aliphatic heterocycles. The summed E-state index contributed by atoms with van der Waals surface area (Å²) in [5.74, 6) is 1.60. The molecule has 1 aromatic rings. The number of halogens is 1. The second-order valence-electron chi connectivity index (χ2n) is 4.63. The molecule has 1 fully saturated rings. The van der Waals surface area contributed by atoms with Crippen LogP contribution < -0.4 is 10.1 Å². The summed E-state index contributed by atoms with van der Waals surface area (Å²) in [6, 6.07) is 6.59. The third-order valence-electron chi connectivity index (χ3n) is 3.64. The monoisotopic (exact) mass is 237 g/mol. The average Bonchev–Trinajstić information content (AvgIpc) is 2.81. The number of ether oxygens (including phenoxy) is 1. The molecule has 2 nitrogen and oxygen atoms in total. The highest BCUT2D eigenvalue weighted by Crippen LogP contribution is 2.39. The Kier molecular flexibility index (Phi) is 2.78. The number of benzene rings is 1. The molecule has 86 valence electrons. The normalized spacial score (nSPS) is 28.6. The van der Waals surface area contributed by atoms with E-state index in [1.54, 1.807) is 0 Å². The van der Waals surface area contributed by atoms with Gasteiger partial charge in [-0.3, -0.25) is 0 Å². The van der Waals surface area contributed by atoms with Gasteiger partial charge in [0.05, 0.1) is 6.61 Å². The van der Waals surface area contributed by atoms with Crippen LogP contribution in [-0.2, 0) is 0 Å². The highest BCUT2D eigenvalue weighted by Gasteiger charge is 2.30. The topological polar surface area (TPSA) is 21.3 Å². The predicted molar refractivity (Wildman–Crippen MR) is 65.3 cm³/mol. The van der Waals surface area contributed by atoms with Crippen LogP contribution in [0, 0.1) is 0 Å². The Morgan fingerprint density at radius 1 is 1.31 bits per heavy atom. The largest absolute Gasteiger partial charge is 0.493 e. The SMILES string of the molecule is Clc1ccc2c(c1)C(C1CCCN1)CCO2. The molecule has 2 unspecified atom stereocenters. The second-order valence-corrected chi connectivity index (χ2v) is 5.07. The molecule has 0 saturated carbocycles. The number of hydrogen-bond donors (Lipinski definition) is 1. The van der Waals surface area contributed by atoms with Gasteiger partial charge < -0.3 is 10.1 Å². The minimum atomic E-state index is 0.574. The lowest BCUT2D eigenvalue weighted by Crippen LogP contribution is -2.32. The van der Waals surface area contributed by atoms with E-state index in [1.165, 1.54) is 18.4 Å². The fraction of sp³-hybridized carbons (Fsp3) is 0.538. The van der Waals surface area contributed by atoms with Crippen LogP contribution in [0.5, 0.6) is 5.75 Å². The molecule has 16 heavy (non-hydrogen) atoms. The van der Waals surface area contributed by atoms with Crippen molar-refractivity contribution < 1.29 is 4.74 Å². The summed E-state index contributed by atoms with van der Waals surface area (Å²) in [6.07, 6.45) is 3.67. The van der Waals surface area contributed by atoms with Gasteiger partial charge in [-0.05, 0) is 44.0 Å². The van der Waals surface area contributed by atoms with Gasteiger partial charge in [-0.15, -0.1) is 0 Å². The molecule has 2 heterocycles. The highest BCUT2D eigenvalue weighted by molar-refractivity contribution is 6.30. The molecular formula is C13H16ClNO. The van der Waals surface area contributed by atoms with Gasteiger partial charge in [0, 0.05) is 22.5 Å². The zero-order chi connectivity index (χ0) is 11.0. The molecule has 0 aromatic heterocycles. The van der Waals surface area contributed by atoms with Crippen LogP contribution in [0.1, 0.15) is 30.7 Å². The van der Waals surface area contributed by atoms with Crippen molar-refractivity contribution in [3.63, 3.8) is 0 Å². The molecule has 1 N–H and O–H groups in total. The Bertz CT molecular complexity index is 388. The maximum atomic E-state index is 6.07. The van der Waals surface area contributed by atoms with E-state index in [0.29, 0.717) is 12.0 Å². The van der Waals surface area contributed by atoms with Crippen LogP contribution in [-0.4, -0.2) is 19.2 Å². The number of hydrogen-bond acceptors (Lipinski definition) is 2. The average molecular weight is 238 g/mol. The zero-order valence-corrected chi connectivity index (χ0v) is 9.96. The first-order valence-electron chi connectivity index (χ1n) is 6.00. The Hall–Kier alpha value is -0.730. The van der Waals surface area contributed by atoms with Gasteiger partial charge in [0.2, 0.25) is 0 Å². The molecule has 2 atom stereocenters. The Morgan fingerprint density at radius 3 is 3.06 bits per heavy atom. The summed E-state index contributed by atoms with van der Waals surface area (Å²) < 4.78 is 5.68. The van der Waals surface area contributed by atoms with Crippen molar-refractivity contribution in [2.24, 2.45) is 0 Å². The number of fused-ring (bicyclic) bond motifs is 1. The minimum Gasteiger partial charge on any atom is -0.493 e. The van der Waals surface area contributed by atoms with Gasteiger partial charge in [-0.1, -0.05) is 11.6 Å². The standard InChI is InChI=1S/C13H16ClNO/c14-9-3-4-13-11(8-9)10(5-7-16-13)12-2-1-6-15-12/h3-4,8,10,12,15H,1-2,5-7H2. The Labute approximate surface area is 101 Å². The van der Waals surface area contributed by atoms with Gasteiger partial charge in [0.25, 0.3) is 0 Å². The van der Waals surface area contributed by atoms with Crippen LogP contribution in [0.4, 0.5) is 0 Å². The van der Waals surface area contributed by atoms with E-state index >= 15 is 0 Å². The first-order chi connectivity index (χ1) is 7.84. The predicted octanol–water partition coefficient (Wildman–Crippen LogP) is 2.96. The van der Waals surface area contributed by atoms with Gasteiger partial charge in [-0.2, -0.15) is 0 Å². The minimum absolute atomic E-state index is 0.574. The lowest BCUT2D eigenvalue weighted by molar-refractivity contribution is 0.250. The fourth-order valence-electron chi connectivity index (χ4n) is 2.86.